The van der Waals surface area contributed by atoms with Gasteiger partial charge in [0, 0.05) is 5.54 Å². The summed E-state index contributed by atoms with van der Waals surface area (Å²) in [5, 5.41) is 0. The highest BCUT2D eigenvalue weighted by Crippen LogP contribution is 2.37. The number of hydrogen-bond acceptors (Lipinski definition) is 1. The molecule has 2 N–H and O–H groups in total. The van der Waals surface area contributed by atoms with Crippen molar-refractivity contribution in [2.24, 2.45) is 23.5 Å². The SMILES string of the molecule is CC1CCC(C(C)(N)C(C)C)CC1. The van der Waals surface area contributed by atoms with Crippen molar-refractivity contribution < 1.29 is 0 Å². The van der Waals surface area contributed by atoms with Gasteiger partial charge >= 0.3 is 0 Å². The summed E-state index contributed by atoms with van der Waals surface area (Å²) in [6, 6.07) is 0. The lowest BCUT2D eigenvalue weighted by Crippen LogP contribution is -2.49. The summed E-state index contributed by atoms with van der Waals surface area (Å²) in [7, 11) is 0. The predicted octanol–water partition coefficient (Wildman–Crippen LogP) is 3.19. The minimum atomic E-state index is 0.0557. The molecular formula is C12H25N. The number of nitrogens with two attached hydrogens (primary N) is 1. The van der Waals surface area contributed by atoms with E-state index in [2.05, 4.69) is 27.7 Å². The maximum Gasteiger partial charge on any atom is 0.0177 e. The van der Waals surface area contributed by atoms with Gasteiger partial charge in [-0.1, -0.05) is 33.6 Å². The van der Waals surface area contributed by atoms with Crippen LogP contribution in [-0.2, 0) is 0 Å². The Morgan fingerprint density at radius 3 is 2.00 bits per heavy atom. The average Bonchev–Trinajstić information content (AvgIpc) is 2.04. The topological polar surface area (TPSA) is 26.0 Å². The summed E-state index contributed by atoms with van der Waals surface area (Å²) in [5.74, 6) is 2.29. The first-order chi connectivity index (χ1) is 5.94. The second-order valence-corrected chi connectivity index (χ2v) is 5.48. The maximum absolute atomic E-state index is 6.38. The summed E-state index contributed by atoms with van der Waals surface area (Å²) in [6.45, 7) is 9.09. The van der Waals surface area contributed by atoms with Crippen LogP contribution in [0.4, 0.5) is 0 Å². The van der Waals surface area contributed by atoms with E-state index in [0.717, 1.165) is 11.8 Å². The minimum Gasteiger partial charge on any atom is -0.325 e. The minimum absolute atomic E-state index is 0.0557. The van der Waals surface area contributed by atoms with Crippen molar-refractivity contribution in [2.75, 3.05) is 0 Å². The lowest BCUT2D eigenvalue weighted by atomic mass is 9.69. The molecule has 0 amide bonds. The lowest BCUT2D eigenvalue weighted by molar-refractivity contribution is 0.150. The molecule has 0 bridgehead atoms. The zero-order chi connectivity index (χ0) is 10.1. The summed E-state index contributed by atoms with van der Waals surface area (Å²) < 4.78 is 0. The van der Waals surface area contributed by atoms with E-state index in [1.807, 2.05) is 0 Å². The van der Waals surface area contributed by atoms with Crippen LogP contribution in [0.1, 0.15) is 53.4 Å². The van der Waals surface area contributed by atoms with Gasteiger partial charge < -0.3 is 5.73 Å². The zero-order valence-corrected chi connectivity index (χ0v) is 9.64. The van der Waals surface area contributed by atoms with Crippen molar-refractivity contribution in [1.82, 2.24) is 0 Å². The molecule has 0 aromatic carbocycles. The molecular weight excluding hydrogens is 158 g/mol. The van der Waals surface area contributed by atoms with Crippen molar-refractivity contribution in [2.45, 2.75) is 58.9 Å². The van der Waals surface area contributed by atoms with Crippen molar-refractivity contribution >= 4 is 0 Å². The van der Waals surface area contributed by atoms with Gasteiger partial charge in [-0.3, -0.25) is 0 Å². The fraction of sp³-hybridized carbons (Fsp3) is 1.00. The molecule has 0 heterocycles. The van der Waals surface area contributed by atoms with Gasteiger partial charge in [0.25, 0.3) is 0 Å². The Labute approximate surface area is 83.1 Å². The fourth-order valence-electron chi connectivity index (χ4n) is 2.35. The summed E-state index contributed by atoms with van der Waals surface area (Å²) in [4.78, 5) is 0. The van der Waals surface area contributed by atoms with Crippen molar-refractivity contribution in [3.05, 3.63) is 0 Å². The molecule has 13 heavy (non-hydrogen) atoms. The van der Waals surface area contributed by atoms with E-state index >= 15 is 0 Å². The average molecular weight is 183 g/mol. The predicted molar refractivity (Wildman–Crippen MR) is 58.6 cm³/mol. The maximum atomic E-state index is 6.38. The molecule has 0 saturated heterocycles. The molecule has 1 rings (SSSR count). The first-order valence-electron chi connectivity index (χ1n) is 5.73. The van der Waals surface area contributed by atoms with Gasteiger partial charge in [0.1, 0.15) is 0 Å². The van der Waals surface area contributed by atoms with Gasteiger partial charge in [0.15, 0.2) is 0 Å². The van der Waals surface area contributed by atoms with E-state index in [1.165, 1.54) is 25.7 Å². The summed E-state index contributed by atoms with van der Waals surface area (Å²) in [5.41, 5.74) is 6.44. The third-order valence-electron chi connectivity index (χ3n) is 4.14. The van der Waals surface area contributed by atoms with E-state index < -0.39 is 0 Å². The molecule has 78 valence electrons. The number of rotatable bonds is 2. The molecule has 1 unspecified atom stereocenters. The largest absolute Gasteiger partial charge is 0.325 e. The van der Waals surface area contributed by atoms with Crippen LogP contribution in [0.3, 0.4) is 0 Å². The summed E-state index contributed by atoms with van der Waals surface area (Å²) >= 11 is 0. The third kappa shape index (κ3) is 2.46. The van der Waals surface area contributed by atoms with E-state index in [9.17, 15) is 0 Å². The van der Waals surface area contributed by atoms with Gasteiger partial charge in [0.05, 0.1) is 0 Å². The van der Waals surface area contributed by atoms with Crippen LogP contribution in [0.5, 0.6) is 0 Å². The van der Waals surface area contributed by atoms with Crippen LogP contribution >= 0.6 is 0 Å². The molecule has 1 heteroatoms. The van der Waals surface area contributed by atoms with Crippen molar-refractivity contribution in [1.29, 1.82) is 0 Å². The highest BCUT2D eigenvalue weighted by atomic mass is 14.8. The molecule has 0 spiro atoms. The Hall–Kier alpha value is -0.0400. The molecule has 1 atom stereocenters. The Morgan fingerprint density at radius 2 is 1.62 bits per heavy atom. The van der Waals surface area contributed by atoms with Gasteiger partial charge in [-0.05, 0) is 37.5 Å². The van der Waals surface area contributed by atoms with E-state index in [4.69, 9.17) is 5.73 Å². The van der Waals surface area contributed by atoms with E-state index in [1.54, 1.807) is 0 Å². The smallest absolute Gasteiger partial charge is 0.0177 e. The highest BCUT2D eigenvalue weighted by molar-refractivity contribution is 4.91. The molecule has 1 aliphatic carbocycles. The van der Waals surface area contributed by atoms with Crippen LogP contribution in [0.15, 0.2) is 0 Å². The Kier molecular flexibility index (Phi) is 3.39. The van der Waals surface area contributed by atoms with Crippen LogP contribution in [0, 0.1) is 17.8 Å². The fourth-order valence-corrected chi connectivity index (χ4v) is 2.35. The van der Waals surface area contributed by atoms with Crippen LogP contribution < -0.4 is 5.73 Å². The van der Waals surface area contributed by atoms with Crippen molar-refractivity contribution in [3.8, 4) is 0 Å². The molecule has 1 saturated carbocycles. The second-order valence-electron chi connectivity index (χ2n) is 5.48. The van der Waals surface area contributed by atoms with Gasteiger partial charge in [0.2, 0.25) is 0 Å². The Morgan fingerprint density at radius 1 is 1.15 bits per heavy atom. The molecule has 0 aromatic rings. The second kappa shape index (κ2) is 4.00. The molecule has 0 aromatic heterocycles. The summed E-state index contributed by atoms with van der Waals surface area (Å²) in [6.07, 6.45) is 5.44. The molecule has 0 radical (unpaired) electrons. The first-order valence-corrected chi connectivity index (χ1v) is 5.73. The van der Waals surface area contributed by atoms with Crippen molar-refractivity contribution in [3.63, 3.8) is 0 Å². The first kappa shape index (κ1) is 11.0. The van der Waals surface area contributed by atoms with Gasteiger partial charge in [-0.25, -0.2) is 0 Å². The monoisotopic (exact) mass is 183 g/mol. The van der Waals surface area contributed by atoms with Crippen LogP contribution in [-0.4, -0.2) is 5.54 Å². The Balaban J connectivity index is 2.52. The standard InChI is InChI=1S/C12H25N/c1-9(2)12(4,13)11-7-5-10(3)6-8-11/h9-11H,5-8,13H2,1-4H3. The number of hydrogen-bond donors (Lipinski definition) is 1. The van der Waals surface area contributed by atoms with E-state index in [-0.39, 0.29) is 5.54 Å². The molecule has 0 aliphatic heterocycles. The van der Waals surface area contributed by atoms with Gasteiger partial charge in [-0.15, -0.1) is 0 Å². The van der Waals surface area contributed by atoms with E-state index in [0.29, 0.717) is 5.92 Å². The van der Waals surface area contributed by atoms with Crippen LogP contribution in [0.25, 0.3) is 0 Å². The molecule has 1 aliphatic rings. The van der Waals surface area contributed by atoms with Crippen LogP contribution in [0.2, 0.25) is 0 Å². The molecule has 1 fully saturated rings. The quantitative estimate of drug-likeness (QED) is 0.699. The third-order valence-corrected chi connectivity index (χ3v) is 4.14. The Bertz CT molecular complexity index is 153. The highest BCUT2D eigenvalue weighted by Gasteiger charge is 2.34. The molecule has 1 nitrogen and oxygen atoms in total. The normalized spacial score (nSPS) is 34.6. The lowest BCUT2D eigenvalue weighted by Gasteiger charge is -2.41. The zero-order valence-electron chi connectivity index (χ0n) is 9.64. The van der Waals surface area contributed by atoms with Gasteiger partial charge in [-0.2, -0.15) is 0 Å².